The minimum Gasteiger partial charge on any atom is -0.455 e. The summed E-state index contributed by atoms with van der Waals surface area (Å²) in [6.45, 7) is 8.12. The van der Waals surface area contributed by atoms with Crippen molar-refractivity contribution in [1.82, 2.24) is 5.32 Å². The molecule has 2 bridgehead atoms. The lowest BCUT2D eigenvalue weighted by molar-refractivity contribution is -0.243. The molecule has 2 heterocycles. The molecular weight excluding hydrogens is 442 g/mol. The number of hydrogen-bond acceptors (Lipinski definition) is 5. The summed E-state index contributed by atoms with van der Waals surface area (Å²) in [6.07, 6.45) is 2.92. The van der Waals surface area contributed by atoms with Gasteiger partial charge in [0.1, 0.15) is 18.3 Å². The van der Waals surface area contributed by atoms with Gasteiger partial charge in [0.2, 0.25) is 5.91 Å². The van der Waals surface area contributed by atoms with E-state index in [0.29, 0.717) is 23.8 Å². The number of carbonyl (C=O) groups excluding carboxylic acids is 2. The van der Waals surface area contributed by atoms with Crippen LogP contribution in [0, 0.1) is 23.7 Å². The van der Waals surface area contributed by atoms with Gasteiger partial charge in [-0.25, -0.2) is 4.79 Å². The Hall–Kier alpha value is -2.44. The van der Waals surface area contributed by atoms with Crippen LogP contribution in [0.4, 0.5) is 0 Å². The van der Waals surface area contributed by atoms with Crippen molar-refractivity contribution in [2.75, 3.05) is 6.61 Å². The Balaban J connectivity index is 1.52. The zero-order valence-electron chi connectivity index (χ0n) is 21.1. The minimum atomic E-state index is -0.678. The van der Waals surface area contributed by atoms with Gasteiger partial charge in [0.05, 0.1) is 17.2 Å². The van der Waals surface area contributed by atoms with E-state index in [1.54, 1.807) is 0 Å². The zero-order chi connectivity index (χ0) is 25.0. The van der Waals surface area contributed by atoms with E-state index in [1.165, 1.54) is 0 Å². The van der Waals surface area contributed by atoms with Gasteiger partial charge in [-0.05, 0) is 66.8 Å². The van der Waals surface area contributed by atoms with Gasteiger partial charge in [-0.2, -0.15) is 0 Å². The molecule has 1 saturated carbocycles. The van der Waals surface area contributed by atoms with Crippen molar-refractivity contribution in [3.63, 3.8) is 0 Å². The number of ether oxygens (including phenoxy) is 2. The van der Waals surface area contributed by atoms with Crippen LogP contribution in [-0.4, -0.2) is 46.9 Å². The fraction of sp³-hybridized carbons (Fsp3) is 0.586. The minimum absolute atomic E-state index is 0.160. The molecule has 3 aliphatic rings. The first-order valence-electron chi connectivity index (χ1n) is 13.0. The Labute approximate surface area is 207 Å². The molecule has 6 heteroatoms. The standard InChI is InChI=1S/C29H37NO5/c1-17(2)14-29-15-23(30-24(32)16-31)28(4,35-29)22-12-9-18(3)25(22)26(29)34-27(33)21-11-10-19-7-5-6-8-20(19)13-21/h5-8,10-11,13,17-18,22-23,25-26,31H,9,12,14-16H2,1-4H3,(H,30,32). The molecule has 188 valence electrons. The molecular formula is C29H37NO5. The van der Waals surface area contributed by atoms with Gasteiger partial charge in [-0.3, -0.25) is 4.79 Å². The summed E-state index contributed by atoms with van der Waals surface area (Å²) in [5.74, 6) is 0.320. The molecule has 2 aliphatic heterocycles. The number of hydrogen-bond donors (Lipinski definition) is 2. The summed E-state index contributed by atoms with van der Waals surface area (Å²) in [7, 11) is 0. The quantitative estimate of drug-likeness (QED) is 0.597. The summed E-state index contributed by atoms with van der Waals surface area (Å²) in [5.41, 5.74) is -0.689. The maximum absolute atomic E-state index is 13.6. The van der Waals surface area contributed by atoms with Gasteiger partial charge in [0, 0.05) is 12.3 Å². The monoisotopic (exact) mass is 479 g/mol. The SMILES string of the molecule is CC(C)CC12CC(NC(=O)CO)C(C)(O1)C1CCC(C)C1C2OC(=O)c1ccc2ccccc2c1. The first-order valence-corrected chi connectivity index (χ1v) is 13.0. The molecule has 7 unspecified atom stereocenters. The van der Waals surface area contributed by atoms with Gasteiger partial charge in [0.25, 0.3) is 0 Å². The number of fused-ring (bicyclic) bond motifs is 5. The van der Waals surface area contributed by atoms with Crippen LogP contribution in [0.25, 0.3) is 10.8 Å². The third-order valence-corrected chi connectivity index (χ3v) is 8.78. The highest BCUT2D eigenvalue weighted by molar-refractivity contribution is 5.95. The second-order valence-corrected chi connectivity index (χ2v) is 11.6. The van der Waals surface area contributed by atoms with Crippen molar-refractivity contribution in [2.24, 2.45) is 23.7 Å². The van der Waals surface area contributed by atoms with Crippen LogP contribution < -0.4 is 5.32 Å². The number of esters is 1. The first kappa shape index (κ1) is 24.3. The molecule has 0 radical (unpaired) electrons. The summed E-state index contributed by atoms with van der Waals surface area (Å²) in [5, 5.41) is 14.5. The Morgan fingerprint density at radius 3 is 2.63 bits per heavy atom. The van der Waals surface area contributed by atoms with Gasteiger partial charge in [-0.15, -0.1) is 0 Å². The number of carbonyl (C=O) groups is 2. The summed E-state index contributed by atoms with van der Waals surface area (Å²) in [6, 6.07) is 13.4. The normalized spacial score (nSPS) is 35.8. The van der Waals surface area contributed by atoms with E-state index >= 15 is 0 Å². The largest absolute Gasteiger partial charge is 0.455 e. The third-order valence-electron chi connectivity index (χ3n) is 8.78. The highest BCUT2D eigenvalue weighted by Gasteiger charge is 2.70. The molecule has 1 aliphatic carbocycles. The van der Waals surface area contributed by atoms with Crippen LogP contribution in [0.5, 0.6) is 0 Å². The van der Waals surface area contributed by atoms with Gasteiger partial charge in [-0.1, -0.05) is 51.1 Å². The summed E-state index contributed by atoms with van der Waals surface area (Å²) in [4.78, 5) is 25.8. The first-order chi connectivity index (χ1) is 16.7. The average Bonchev–Trinajstić information content (AvgIpc) is 3.33. The van der Waals surface area contributed by atoms with Crippen LogP contribution in [-0.2, 0) is 14.3 Å². The predicted molar refractivity (Wildman–Crippen MR) is 134 cm³/mol. The second kappa shape index (κ2) is 8.90. The average molecular weight is 480 g/mol. The molecule has 0 spiro atoms. The van der Waals surface area contributed by atoms with Crippen molar-refractivity contribution < 1.29 is 24.2 Å². The molecule has 2 aromatic carbocycles. The molecule has 2 N–H and O–H groups in total. The van der Waals surface area contributed by atoms with Crippen molar-refractivity contribution in [3.05, 3.63) is 48.0 Å². The molecule has 6 nitrogen and oxygen atoms in total. The maximum Gasteiger partial charge on any atom is 0.338 e. The van der Waals surface area contributed by atoms with E-state index in [2.05, 4.69) is 33.0 Å². The Morgan fingerprint density at radius 2 is 1.91 bits per heavy atom. The number of amides is 1. The van der Waals surface area contributed by atoms with E-state index in [0.717, 1.165) is 30.0 Å². The smallest absolute Gasteiger partial charge is 0.338 e. The fourth-order valence-corrected chi connectivity index (χ4v) is 7.41. The van der Waals surface area contributed by atoms with E-state index < -0.39 is 23.9 Å². The Morgan fingerprint density at radius 1 is 1.17 bits per heavy atom. The van der Waals surface area contributed by atoms with Crippen molar-refractivity contribution >= 4 is 22.6 Å². The van der Waals surface area contributed by atoms with E-state index in [-0.39, 0.29) is 29.8 Å². The molecule has 0 aromatic heterocycles. The highest BCUT2D eigenvalue weighted by Crippen LogP contribution is 2.62. The Kier molecular flexibility index (Phi) is 6.17. The van der Waals surface area contributed by atoms with Crippen LogP contribution in [0.1, 0.15) is 63.7 Å². The van der Waals surface area contributed by atoms with E-state index in [9.17, 15) is 14.7 Å². The van der Waals surface area contributed by atoms with Crippen molar-refractivity contribution in [1.29, 1.82) is 0 Å². The molecule has 1 amide bonds. The molecule has 2 aromatic rings. The number of aliphatic hydroxyl groups is 1. The lowest BCUT2D eigenvalue weighted by Gasteiger charge is -2.52. The number of aliphatic hydroxyl groups excluding tert-OH is 1. The molecule has 3 fully saturated rings. The number of nitrogens with one attached hydrogen (secondary N) is 1. The van der Waals surface area contributed by atoms with Gasteiger partial charge in [0.15, 0.2) is 0 Å². The molecule has 5 rings (SSSR count). The van der Waals surface area contributed by atoms with Gasteiger partial charge >= 0.3 is 5.97 Å². The van der Waals surface area contributed by atoms with Crippen molar-refractivity contribution in [2.45, 2.75) is 76.7 Å². The third kappa shape index (κ3) is 4.05. The van der Waals surface area contributed by atoms with Crippen LogP contribution >= 0.6 is 0 Å². The van der Waals surface area contributed by atoms with Crippen LogP contribution in [0.15, 0.2) is 42.5 Å². The van der Waals surface area contributed by atoms with Crippen molar-refractivity contribution in [3.8, 4) is 0 Å². The van der Waals surface area contributed by atoms with Crippen LogP contribution in [0.3, 0.4) is 0 Å². The van der Waals surface area contributed by atoms with E-state index in [4.69, 9.17) is 9.47 Å². The fourth-order valence-electron chi connectivity index (χ4n) is 7.41. The zero-order valence-corrected chi connectivity index (χ0v) is 21.1. The second-order valence-electron chi connectivity index (χ2n) is 11.6. The molecule has 35 heavy (non-hydrogen) atoms. The molecule has 7 atom stereocenters. The predicted octanol–water partition coefficient (Wildman–Crippen LogP) is 4.48. The highest BCUT2D eigenvalue weighted by atomic mass is 16.6. The summed E-state index contributed by atoms with van der Waals surface area (Å²) >= 11 is 0. The topological polar surface area (TPSA) is 84.9 Å². The number of benzene rings is 2. The van der Waals surface area contributed by atoms with Crippen LogP contribution in [0.2, 0.25) is 0 Å². The lowest BCUT2D eigenvalue weighted by Crippen LogP contribution is -2.61. The Bertz CT molecular complexity index is 1130. The van der Waals surface area contributed by atoms with Gasteiger partial charge < -0.3 is 19.9 Å². The maximum atomic E-state index is 13.6. The molecule has 2 saturated heterocycles. The lowest BCUT2D eigenvalue weighted by atomic mass is 9.70. The summed E-state index contributed by atoms with van der Waals surface area (Å²) < 4.78 is 13.4. The number of rotatable bonds is 6. The van der Waals surface area contributed by atoms with E-state index in [1.807, 2.05) is 42.5 Å².